The van der Waals surface area contributed by atoms with E-state index in [1.807, 2.05) is 47.7 Å². The first kappa shape index (κ1) is 18.3. The quantitative estimate of drug-likeness (QED) is 0.261. The Kier molecular flexibility index (Phi) is 5.48. The minimum atomic E-state index is -0.425. The van der Waals surface area contributed by atoms with Crippen LogP contribution in [0, 0.1) is 16.3 Å². The third-order valence-electron chi connectivity index (χ3n) is 3.75. The smallest absolute Gasteiger partial charge is 0.274 e. The van der Waals surface area contributed by atoms with Gasteiger partial charge in [-0.15, -0.1) is 0 Å². The van der Waals surface area contributed by atoms with Crippen LogP contribution in [0.4, 0.5) is 21.5 Å². The number of amides is 1. The fourth-order valence-electron chi connectivity index (χ4n) is 2.44. The van der Waals surface area contributed by atoms with Gasteiger partial charge in [0.15, 0.2) is 0 Å². The van der Waals surface area contributed by atoms with Gasteiger partial charge in [0.05, 0.1) is 28.8 Å². The lowest BCUT2D eigenvalue weighted by molar-refractivity contribution is 0.0987. The number of nitrogens with two attached hydrogens (primary N) is 1. The second-order valence-corrected chi connectivity index (χ2v) is 6.93. The van der Waals surface area contributed by atoms with Crippen molar-refractivity contribution in [1.82, 2.24) is 4.98 Å². The maximum absolute atomic E-state index is 14.1. The van der Waals surface area contributed by atoms with Crippen LogP contribution in [0.1, 0.15) is 15.9 Å². The molecule has 3 rings (SSSR count). The van der Waals surface area contributed by atoms with Gasteiger partial charge in [0, 0.05) is 9.77 Å². The van der Waals surface area contributed by atoms with Gasteiger partial charge in [-0.05, 0) is 71.5 Å². The summed E-state index contributed by atoms with van der Waals surface area (Å²) in [6, 6.07) is 13.6. The average Bonchev–Trinajstić information content (AvgIpc) is 2.63. The van der Waals surface area contributed by atoms with Crippen molar-refractivity contribution in [1.29, 1.82) is 0 Å². The molecule has 0 aliphatic rings. The number of hydrogen-bond donors (Lipinski definition) is 2. The number of hydrazine groups is 1. The molecule has 1 aromatic heterocycles. The van der Waals surface area contributed by atoms with Crippen molar-refractivity contribution < 1.29 is 9.18 Å². The lowest BCUT2D eigenvalue weighted by Crippen LogP contribution is -2.37. The van der Waals surface area contributed by atoms with Gasteiger partial charge < -0.3 is 5.32 Å². The van der Waals surface area contributed by atoms with Gasteiger partial charge in [0.1, 0.15) is 5.82 Å². The van der Waals surface area contributed by atoms with E-state index >= 15 is 0 Å². The lowest BCUT2D eigenvalue weighted by atomic mass is 10.1. The number of anilines is 3. The molecular formula is C19H16FIN4O. The zero-order valence-electron chi connectivity index (χ0n) is 13.9. The number of pyridine rings is 1. The fourth-order valence-corrected chi connectivity index (χ4v) is 2.89. The summed E-state index contributed by atoms with van der Waals surface area (Å²) in [6.45, 7) is 1.92. The lowest BCUT2D eigenvalue weighted by Gasteiger charge is -2.19. The standard InChI is InChI=1S/C19H16FIN4O/c1-12-3-2-4-14(9-12)25(22)19(26)15-7-8-23-11-18(15)24-17-6-5-13(21)10-16(17)20/h2-11,24H,22H2,1H3. The average molecular weight is 462 g/mol. The van der Waals surface area contributed by atoms with Crippen molar-refractivity contribution in [2.45, 2.75) is 6.92 Å². The molecule has 5 nitrogen and oxygen atoms in total. The van der Waals surface area contributed by atoms with Crippen LogP contribution < -0.4 is 16.2 Å². The fraction of sp³-hybridized carbons (Fsp3) is 0.0526. The number of nitrogens with zero attached hydrogens (tertiary/aromatic N) is 2. The summed E-state index contributed by atoms with van der Waals surface area (Å²) in [4.78, 5) is 16.9. The number of hydrogen-bond acceptors (Lipinski definition) is 4. The van der Waals surface area contributed by atoms with Crippen LogP contribution in [0.2, 0.25) is 0 Å². The first-order valence-corrected chi connectivity index (χ1v) is 8.85. The molecule has 0 saturated heterocycles. The summed E-state index contributed by atoms with van der Waals surface area (Å²) >= 11 is 2.03. The molecule has 1 heterocycles. The molecule has 0 radical (unpaired) electrons. The molecule has 0 spiro atoms. The summed E-state index contributed by atoms with van der Waals surface area (Å²) in [5, 5.41) is 3.99. The van der Waals surface area contributed by atoms with E-state index in [1.165, 1.54) is 18.5 Å². The Morgan fingerprint density at radius 3 is 2.73 bits per heavy atom. The van der Waals surface area contributed by atoms with Gasteiger partial charge in [-0.25, -0.2) is 15.2 Å². The number of nitrogens with one attached hydrogen (secondary N) is 1. The number of benzene rings is 2. The predicted octanol–water partition coefficient (Wildman–Crippen LogP) is 4.40. The number of rotatable bonds is 4. The first-order chi connectivity index (χ1) is 12.5. The van der Waals surface area contributed by atoms with Crippen LogP contribution in [0.25, 0.3) is 0 Å². The molecule has 2 aromatic carbocycles. The van der Waals surface area contributed by atoms with Crippen LogP contribution >= 0.6 is 22.6 Å². The van der Waals surface area contributed by atoms with Gasteiger partial charge in [-0.3, -0.25) is 9.78 Å². The van der Waals surface area contributed by atoms with Gasteiger partial charge >= 0.3 is 0 Å². The second kappa shape index (κ2) is 7.79. The van der Waals surface area contributed by atoms with E-state index in [9.17, 15) is 9.18 Å². The van der Waals surface area contributed by atoms with E-state index in [2.05, 4.69) is 10.3 Å². The Bertz CT molecular complexity index is 964. The molecular weight excluding hydrogens is 446 g/mol. The highest BCUT2D eigenvalue weighted by Gasteiger charge is 2.19. The molecule has 26 heavy (non-hydrogen) atoms. The van der Waals surface area contributed by atoms with E-state index in [0.29, 0.717) is 16.9 Å². The second-order valence-electron chi connectivity index (χ2n) is 5.68. The Hall–Kier alpha value is -2.52. The maximum Gasteiger partial charge on any atom is 0.274 e. The number of carbonyl (C=O) groups is 1. The van der Waals surface area contributed by atoms with Gasteiger partial charge in [0.2, 0.25) is 0 Å². The summed E-state index contributed by atoms with van der Waals surface area (Å²) in [7, 11) is 0. The molecule has 0 saturated carbocycles. The number of aryl methyl sites for hydroxylation is 1. The molecule has 3 N–H and O–H groups in total. The Balaban J connectivity index is 1.92. The SMILES string of the molecule is Cc1cccc(N(N)C(=O)c2ccncc2Nc2ccc(I)cc2F)c1. The predicted molar refractivity (Wildman–Crippen MR) is 109 cm³/mol. The molecule has 132 valence electrons. The molecule has 3 aromatic rings. The molecule has 7 heteroatoms. The number of carbonyl (C=O) groups excluding carboxylic acids is 1. The third kappa shape index (κ3) is 4.00. The minimum absolute atomic E-state index is 0.256. The van der Waals surface area contributed by atoms with E-state index in [4.69, 9.17) is 5.84 Å². The zero-order chi connectivity index (χ0) is 18.7. The molecule has 0 bridgehead atoms. The zero-order valence-corrected chi connectivity index (χ0v) is 16.1. The third-order valence-corrected chi connectivity index (χ3v) is 4.42. The van der Waals surface area contributed by atoms with E-state index in [0.717, 1.165) is 14.1 Å². The van der Waals surface area contributed by atoms with Crippen LogP contribution in [0.5, 0.6) is 0 Å². The summed E-state index contributed by atoms with van der Waals surface area (Å²) < 4.78 is 14.9. The Morgan fingerprint density at radius 1 is 1.19 bits per heavy atom. The summed E-state index contributed by atoms with van der Waals surface area (Å²) in [6.07, 6.45) is 2.96. The van der Waals surface area contributed by atoms with Crippen LogP contribution in [0.3, 0.4) is 0 Å². The van der Waals surface area contributed by atoms with Gasteiger partial charge in [-0.1, -0.05) is 12.1 Å². The van der Waals surface area contributed by atoms with Crippen molar-refractivity contribution in [2.24, 2.45) is 5.84 Å². The van der Waals surface area contributed by atoms with E-state index in [1.54, 1.807) is 24.3 Å². The summed E-state index contributed by atoms with van der Waals surface area (Å²) in [5.41, 5.74) is 2.48. The monoisotopic (exact) mass is 462 g/mol. The highest BCUT2D eigenvalue weighted by molar-refractivity contribution is 14.1. The van der Waals surface area contributed by atoms with Gasteiger partial charge in [0.25, 0.3) is 5.91 Å². The molecule has 0 unspecified atom stereocenters. The number of aromatic nitrogens is 1. The van der Waals surface area contributed by atoms with Crippen LogP contribution in [-0.2, 0) is 0 Å². The van der Waals surface area contributed by atoms with E-state index < -0.39 is 11.7 Å². The van der Waals surface area contributed by atoms with Crippen LogP contribution in [0.15, 0.2) is 60.9 Å². The molecule has 0 aliphatic heterocycles. The Morgan fingerprint density at radius 2 is 2.00 bits per heavy atom. The normalized spacial score (nSPS) is 10.5. The highest BCUT2D eigenvalue weighted by Crippen LogP contribution is 2.25. The maximum atomic E-state index is 14.1. The van der Waals surface area contributed by atoms with Crippen molar-refractivity contribution in [3.8, 4) is 0 Å². The largest absolute Gasteiger partial charge is 0.351 e. The summed E-state index contributed by atoms with van der Waals surface area (Å²) in [5.74, 6) is 5.17. The van der Waals surface area contributed by atoms with Crippen LogP contribution in [-0.4, -0.2) is 10.9 Å². The van der Waals surface area contributed by atoms with Crippen molar-refractivity contribution >= 4 is 45.6 Å². The van der Waals surface area contributed by atoms with Crippen molar-refractivity contribution in [3.05, 3.63) is 81.4 Å². The van der Waals surface area contributed by atoms with Gasteiger partial charge in [-0.2, -0.15) is 0 Å². The minimum Gasteiger partial charge on any atom is -0.351 e. The molecule has 0 aliphatic carbocycles. The van der Waals surface area contributed by atoms with Crippen molar-refractivity contribution in [2.75, 3.05) is 10.3 Å². The molecule has 0 atom stereocenters. The number of halogens is 2. The van der Waals surface area contributed by atoms with E-state index in [-0.39, 0.29) is 5.69 Å². The topological polar surface area (TPSA) is 71.2 Å². The highest BCUT2D eigenvalue weighted by atomic mass is 127. The van der Waals surface area contributed by atoms with Crippen molar-refractivity contribution in [3.63, 3.8) is 0 Å². The first-order valence-electron chi connectivity index (χ1n) is 7.77. The molecule has 1 amide bonds. The Labute approximate surface area is 164 Å². The molecule has 0 fully saturated rings.